The Morgan fingerprint density at radius 3 is 2.88 bits per heavy atom. The van der Waals surface area contributed by atoms with E-state index in [0.29, 0.717) is 12.2 Å². The van der Waals surface area contributed by atoms with Crippen LogP contribution >= 0.6 is 23.5 Å². The van der Waals surface area contributed by atoms with Gasteiger partial charge in [-0.2, -0.15) is 0 Å². The largest absolute Gasteiger partial charge is 0.335 e. The number of carbonyl (C=O) groups excluding carboxylic acids is 1. The van der Waals surface area contributed by atoms with Gasteiger partial charge in [0.25, 0.3) is 0 Å². The van der Waals surface area contributed by atoms with E-state index >= 15 is 0 Å². The minimum absolute atomic E-state index is 0.00797. The van der Waals surface area contributed by atoms with Crippen LogP contribution in [0.2, 0.25) is 0 Å². The van der Waals surface area contributed by atoms with E-state index < -0.39 is 9.84 Å². The normalized spacial score (nSPS) is 22.4. The van der Waals surface area contributed by atoms with Gasteiger partial charge in [0.1, 0.15) is 4.38 Å². The molecule has 0 spiro atoms. The Bertz CT molecular complexity index is 808. The number of carbonyl (C=O) groups is 1. The minimum Gasteiger partial charge on any atom is -0.335 e. The summed E-state index contributed by atoms with van der Waals surface area (Å²) in [7, 11) is -3.01. The SMILES string of the molecule is CC[C@H](C)N(C(=O)CSC1=Nc2ccccc2CS1)[C@@H]1CCS(=O)(=O)C1. The second kappa shape index (κ2) is 8.35. The molecule has 2 heterocycles. The van der Waals surface area contributed by atoms with Crippen LogP contribution in [0.5, 0.6) is 0 Å². The summed E-state index contributed by atoms with van der Waals surface area (Å²) in [5.41, 5.74) is 2.19. The van der Waals surface area contributed by atoms with E-state index in [0.717, 1.165) is 22.2 Å². The number of aliphatic imine (C=N–C) groups is 1. The van der Waals surface area contributed by atoms with E-state index in [1.807, 2.05) is 32.0 Å². The third-order valence-electron chi connectivity index (χ3n) is 4.83. The molecule has 0 N–H and O–H groups in total. The molecule has 2 aliphatic rings. The standard InChI is InChI=1S/C18H24N2O3S3/c1-3-13(2)20(15-8-9-26(22,23)12-15)17(21)11-25-18-19-16-7-5-4-6-14(16)10-24-18/h4-7,13,15H,3,8-12H2,1-2H3/t13-,15+/m0/s1. The first-order chi connectivity index (χ1) is 12.4. The molecule has 142 valence electrons. The molecule has 0 radical (unpaired) electrons. The van der Waals surface area contributed by atoms with Crippen LogP contribution in [0.4, 0.5) is 5.69 Å². The highest BCUT2D eigenvalue weighted by Gasteiger charge is 2.36. The van der Waals surface area contributed by atoms with Crippen molar-refractivity contribution in [2.24, 2.45) is 4.99 Å². The number of amides is 1. The molecule has 1 aromatic rings. The first kappa shape index (κ1) is 19.8. The molecular formula is C18H24N2O3S3. The second-order valence-electron chi connectivity index (χ2n) is 6.70. The van der Waals surface area contributed by atoms with Crippen molar-refractivity contribution in [3.63, 3.8) is 0 Å². The first-order valence-corrected chi connectivity index (χ1v) is 12.6. The number of thioether (sulfide) groups is 2. The number of sulfone groups is 1. The van der Waals surface area contributed by atoms with Gasteiger partial charge in [-0.15, -0.1) is 0 Å². The Labute approximate surface area is 163 Å². The molecule has 0 saturated carbocycles. The third-order valence-corrected chi connectivity index (χ3v) is 8.81. The van der Waals surface area contributed by atoms with Crippen molar-refractivity contribution in [3.05, 3.63) is 29.8 Å². The van der Waals surface area contributed by atoms with Crippen molar-refractivity contribution in [2.45, 2.75) is 44.5 Å². The molecule has 1 aromatic carbocycles. The molecule has 0 unspecified atom stereocenters. The predicted molar refractivity (Wildman–Crippen MR) is 111 cm³/mol. The van der Waals surface area contributed by atoms with Crippen LogP contribution in [0.1, 0.15) is 32.3 Å². The highest BCUT2D eigenvalue weighted by atomic mass is 32.2. The van der Waals surface area contributed by atoms with Gasteiger partial charge in [0, 0.05) is 17.8 Å². The zero-order chi connectivity index (χ0) is 18.7. The molecule has 3 rings (SSSR count). The molecule has 5 nitrogen and oxygen atoms in total. The Hall–Kier alpha value is -0.990. The molecule has 1 fully saturated rings. The van der Waals surface area contributed by atoms with Crippen molar-refractivity contribution in [1.29, 1.82) is 0 Å². The van der Waals surface area contributed by atoms with E-state index in [4.69, 9.17) is 0 Å². The number of nitrogens with zero attached hydrogens (tertiary/aromatic N) is 2. The maximum Gasteiger partial charge on any atom is 0.233 e. The number of benzene rings is 1. The van der Waals surface area contributed by atoms with E-state index in [1.54, 1.807) is 16.7 Å². The fourth-order valence-electron chi connectivity index (χ4n) is 3.28. The van der Waals surface area contributed by atoms with Crippen molar-refractivity contribution in [1.82, 2.24) is 4.90 Å². The highest BCUT2D eigenvalue weighted by Crippen LogP contribution is 2.34. The Morgan fingerprint density at radius 1 is 1.42 bits per heavy atom. The van der Waals surface area contributed by atoms with Crippen molar-refractivity contribution in [2.75, 3.05) is 17.3 Å². The molecule has 1 saturated heterocycles. The van der Waals surface area contributed by atoms with Crippen LogP contribution in [0.3, 0.4) is 0 Å². The lowest BCUT2D eigenvalue weighted by Crippen LogP contribution is -2.47. The lowest BCUT2D eigenvalue weighted by Gasteiger charge is -2.33. The topological polar surface area (TPSA) is 66.8 Å². The van der Waals surface area contributed by atoms with Gasteiger partial charge in [-0.3, -0.25) is 4.79 Å². The summed E-state index contributed by atoms with van der Waals surface area (Å²) in [6.07, 6.45) is 1.36. The Balaban J connectivity index is 1.66. The Morgan fingerprint density at radius 2 is 2.19 bits per heavy atom. The summed E-state index contributed by atoms with van der Waals surface area (Å²) < 4.78 is 24.6. The predicted octanol–water partition coefficient (Wildman–Crippen LogP) is 3.47. The average molecular weight is 413 g/mol. The summed E-state index contributed by atoms with van der Waals surface area (Å²) in [4.78, 5) is 19.3. The fourth-order valence-corrected chi connectivity index (χ4v) is 6.93. The number of fused-ring (bicyclic) bond motifs is 1. The highest BCUT2D eigenvalue weighted by molar-refractivity contribution is 8.38. The minimum atomic E-state index is -3.01. The van der Waals surface area contributed by atoms with Gasteiger partial charge in [-0.05, 0) is 31.4 Å². The summed E-state index contributed by atoms with van der Waals surface area (Å²) in [5.74, 6) is 1.45. The van der Waals surface area contributed by atoms with Crippen LogP contribution in [-0.2, 0) is 20.4 Å². The maximum absolute atomic E-state index is 12.9. The van der Waals surface area contributed by atoms with Gasteiger partial charge >= 0.3 is 0 Å². The molecule has 1 amide bonds. The molecule has 2 atom stereocenters. The van der Waals surface area contributed by atoms with Crippen molar-refractivity contribution in [3.8, 4) is 0 Å². The van der Waals surface area contributed by atoms with E-state index in [9.17, 15) is 13.2 Å². The summed E-state index contributed by atoms with van der Waals surface area (Å²) in [6, 6.07) is 7.90. The van der Waals surface area contributed by atoms with Gasteiger partial charge in [0.05, 0.1) is 22.9 Å². The molecule has 2 aliphatic heterocycles. The van der Waals surface area contributed by atoms with E-state index in [1.165, 1.54) is 17.3 Å². The quantitative estimate of drug-likeness (QED) is 0.741. The Kier molecular flexibility index (Phi) is 6.35. The monoisotopic (exact) mass is 412 g/mol. The van der Waals surface area contributed by atoms with Gasteiger partial charge in [-0.1, -0.05) is 48.6 Å². The third kappa shape index (κ3) is 4.64. The van der Waals surface area contributed by atoms with E-state index in [2.05, 4.69) is 11.1 Å². The zero-order valence-electron chi connectivity index (χ0n) is 15.1. The molecular weight excluding hydrogens is 388 g/mol. The molecule has 26 heavy (non-hydrogen) atoms. The average Bonchev–Trinajstić information content (AvgIpc) is 2.99. The first-order valence-electron chi connectivity index (χ1n) is 8.83. The summed E-state index contributed by atoms with van der Waals surface area (Å²) >= 11 is 3.11. The lowest BCUT2D eigenvalue weighted by atomic mass is 10.1. The molecule has 8 heteroatoms. The fraction of sp³-hybridized carbons (Fsp3) is 0.556. The number of rotatable bonds is 5. The van der Waals surface area contributed by atoms with E-state index in [-0.39, 0.29) is 29.5 Å². The molecule has 0 aliphatic carbocycles. The van der Waals surface area contributed by atoms with Crippen LogP contribution < -0.4 is 0 Å². The number of hydrogen-bond acceptors (Lipinski definition) is 6. The molecule has 0 bridgehead atoms. The second-order valence-corrected chi connectivity index (χ2v) is 11.1. The smallest absolute Gasteiger partial charge is 0.233 e. The van der Waals surface area contributed by atoms with Crippen LogP contribution in [0, 0.1) is 0 Å². The summed E-state index contributed by atoms with van der Waals surface area (Å²) in [6.45, 7) is 4.02. The van der Waals surface area contributed by atoms with Gasteiger partial charge in [0.2, 0.25) is 5.91 Å². The number of hydrogen-bond donors (Lipinski definition) is 0. The maximum atomic E-state index is 12.9. The number of para-hydroxylation sites is 1. The van der Waals surface area contributed by atoms with Crippen LogP contribution in [0.15, 0.2) is 29.3 Å². The van der Waals surface area contributed by atoms with Crippen molar-refractivity contribution < 1.29 is 13.2 Å². The molecule has 0 aromatic heterocycles. The van der Waals surface area contributed by atoms with Gasteiger partial charge in [-0.25, -0.2) is 13.4 Å². The van der Waals surface area contributed by atoms with Gasteiger partial charge < -0.3 is 4.90 Å². The van der Waals surface area contributed by atoms with Crippen LogP contribution in [-0.4, -0.2) is 52.9 Å². The summed E-state index contributed by atoms with van der Waals surface area (Å²) in [5, 5.41) is 0. The van der Waals surface area contributed by atoms with Gasteiger partial charge in [0.15, 0.2) is 9.84 Å². The van der Waals surface area contributed by atoms with Crippen LogP contribution in [0.25, 0.3) is 0 Å². The lowest BCUT2D eigenvalue weighted by molar-refractivity contribution is -0.132. The van der Waals surface area contributed by atoms with Crippen molar-refractivity contribution >= 4 is 49.3 Å². The zero-order valence-corrected chi connectivity index (χ0v) is 17.5.